The predicted molar refractivity (Wildman–Crippen MR) is 105 cm³/mol. The minimum atomic E-state index is -0.0564. The van der Waals surface area contributed by atoms with E-state index >= 15 is 0 Å². The molecule has 0 saturated heterocycles. The largest absolute Gasteiger partial charge is 0.351 e. The van der Waals surface area contributed by atoms with Crippen LogP contribution in [0.4, 0.5) is 0 Å². The van der Waals surface area contributed by atoms with E-state index in [9.17, 15) is 4.79 Å². The van der Waals surface area contributed by atoms with Gasteiger partial charge in [-0.25, -0.2) is 9.67 Å². The van der Waals surface area contributed by atoms with Crippen LogP contribution in [-0.4, -0.2) is 27.2 Å². The second-order valence-corrected chi connectivity index (χ2v) is 7.37. The fraction of sp³-hybridized carbons (Fsp3) is 0.350. The Bertz CT molecular complexity index is 912. The third-order valence-electron chi connectivity index (χ3n) is 4.37. The molecular weight excluding hydrogens is 344 g/mol. The SMILES string of the molecule is CCCNC(=O)c1sc(-n2nc(C)c(Cc3ccccc3)c2C)nc1C. The van der Waals surface area contributed by atoms with E-state index in [1.807, 2.05) is 31.5 Å². The van der Waals surface area contributed by atoms with Crippen molar-refractivity contribution >= 4 is 17.2 Å². The normalized spacial score (nSPS) is 10.9. The fourth-order valence-corrected chi connectivity index (χ4v) is 3.91. The zero-order valence-corrected chi connectivity index (χ0v) is 16.5. The summed E-state index contributed by atoms with van der Waals surface area (Å²) >= 11 is 1.39. The molecular formula is C20H24N4OS. The number of hydrogen-bond acceptors (Lipinski definition) is 4. The van der Waals surface area contributed by atoms with Crippen molar-refractivity contribution in [1.29, 1.82) is 0 Å². The zero-order chi connectivity index (χ0) is 18.7. The van der Waals surface area contributed by atoms with Gasteiger partial charge < -0.3 is 5.32 Å². The molecule has 26 heavy (non-hydrogen) atoms. The molecule has 1 aromatic carbocycles. The summed E-state index contributed by atoms with van der Waals surface area (Å²) in [5, 5.41) is 8.35. The monoisotopic (exact) mass is 368 g/mol. The number of amides is 1. The average molecular weight is 369 g/mol. The summed E-state index contributed by atoms with van der Waals surface area (Å²) in [5.41, 5.74) is 5.28. The third kappa shape index (κ3) is 3.70. The summed E-state index contributed by atoms with van der Waals surface area (Å²) in [6, 6.07) is 10.4. The van der Waals surface area contributed by atoms with Gasteiger partial charge in [0.25, 0.3) is 5.91 Å². The Kier molecular flexibility index (Phi) is 5.52. The summed E-state index contributed by atoms with van der Waals surface area (Å²) in [6.45, 7) is 8.67. The molecule has 0 bridgehead atoms. The second kappa shape index (κ2) is 7.83. The van der Waals surface area contributed by atoms with Gasteiger partial charge in [-0.1, -0.05) is 48.6 Å². The molecule has 3 aromatic rings. The maximum atomic E-state index is 12.3. The number of nitrogens with zero attached hydrogens (tertiary/aromatic N) is 3. The Balaban J connectivity index is 1.91. The Morgan fingerprint density at radius 3 is 2.58 bits per heavy atom. The fourth-order valence-electron chi connectivity index (χ4n) is 2.92. The van der Waals surface area contributed by atoms with Gasteiger partial charge in [0.2, 0.25) is 5.13 Å². The van der Waals surface area contributed by atoms with E-state index in [0.717, 1.165) is 35.1 Å². The zero-order valence-electron chi connectivity index (χ0n) is 15.7. The minimum Gasteiger partial charge on any atom is -0.351 e. The molecule has 0 aliphatic heterocycles. The smallest absolute Gasteiger partial charge is 0.263 e. The number of aromatic nitrogens is 3. The number of benzene rings is 1. The Labute approximate surface area is 158 Å². The molecule has 2 heterocycles. The molecule has 0 unspecified atom stereocenters. The third-order valence-corrected chi connectivity index (χ3v) is 5.50. The van der Waals surface area contributed by atoms with Crippen molar-refractivity contribution in [3.8, 4) is 5.13 Å². The van der Waals surface area contributed by atoms with Crippen LogP contribution in [0.5, 0.6) is 0 Å². The molecule has 5 nitrogen and oxygen atoms in total. The highest BCUT2D eigenvalue weighted by atomic mass is 32.1. The maximum absolute atomic E-state index is 12.3. The van der Waals surface area contributed by atoms with Crippen molar-refractivity contribution in [2.45, 2.75) is 40.5 Å². The molecule has 0 radical (unpaired) electrons. The van der Waals surface area contributed by atoms with E-state index in [1.165, 1.54) is 22.5 Å². The highest BCUT2D eigenvalue weighted by Crippen LogP contribution is 2.26. The second-order valence-electron chi connectivity index (χ2n) is 6.39. The van der Waals surface area contributed by atoms with Crippen molar-refractivity contribution in [3.63, 3.8) is 0 Å². The number of rotatable bonds is 6. The highest BCUT2D eigenvalue weighted by molar-refractivity contribution is 7.16. The molecule has 6 heteroatoms. The number of carbonyl (C=O) groups excluding carboxylic acids is 1. The lowest BCUT2D eigenvalue weighted by Crippen LogP contribution is -2.23. The van der Waals surface area contributed by atoms with E-state index < -0.39 is 0 Å². The number of nitrogens with one attached hydrogen (secondary N) is 1. The molecule has 136 valence electrons. The van der Waals surface area contributed by atoms with E-state index in [-0.39, 0.29) is 5.91 Å². The number of carbonyl (C=O) groups is 1. The van der Waals surface area contributed by atoms with Crippen LogP contribution < -0.4 is 5.32 Å². The van der Waals surface area contributed by atoms with E-state index in [0.29, 0.717) is 11.4 Å². The van der Waals surface area contributed by atoms with Crippen LogP contribution in [0.3, 0.4) is 0 Å². The summed E-state index contributed by atoms with van der Waals surface area (Å²) < 4.78 is 1.86. The van der Waals surface area contributed by atoms with E-state index in [1.54, 1.807) is 0 Å². The van der Waals surface area contributed by atoms with Crippen LogP contribution >= 0.6 is 11.3 Å². The lowest BCUT2D eigenvalue weighted by atomic mass is 10.0. The van der Waals surface area contributed by atoms with Crippen LogP contribution in [0, 0.1) is 20.8 Å². The number of thiazole rings is 1. The molecule has 0 spiro atoms. The van der Waals surface area contributed by atoms with Crippen molar-refractivity contribution < 1.29 is 4.79 Å². The molecule has 1 N–H and O–H groups in total. The molecule has 1 amide bonds. The molecule has 0 fully saturated rings. The van der Waals surface area contributed by atoms with Gasteiger partial charge in [0, 0.05) is 24.2 Å². The first kappa shape index (κ1) is 18.3. The van der Waals surface area contributed by atoms with Gasteiger partial charge in [-0.3, -0.25) is 4.79 Å². The Hall–Kier alpha value is -2.47. The standard InChI is InChI=1S/C20H24N4OS/c1-5-11-21-19(25)18-14(3)22-20(26-18)24-15(4)17(13(2)23-24)12-16-9-7-6-8-10-16/h6-10H,5,11-12H2,1-4H3,(H,21,25). The topological polar surface area (TPSA) is 59.8 Å². The van der Waals surface area contributed by atoms with Gasteiger partial charge in [-0.2, -0.15) is 5.10 Å². The summed E-state index contributed by atoms with van der Waals surface area (Å²) in [4.78, 5) is 17.5. The summed E-state index contributed by atoms with van der Waals surface area (Å²) in [5.74, 6) is -0.0564. The van der Waals surface area contributed by atoms with Crippen molar-refractivity contribution in [2.24, 2.45) is 0 Å². The molecule has 0 saturated carbocycles. The van der Waals surface area contributed by atoms with Gasteiger partial charge in [0.05, 0.1) is 11.4 Å². The quantitative estimate of drug-likeness (QED) is 0.716. The molecule has 0 aliphatic rings. The molecule has 2 aromatic heterocycles. The minimum absolute atomic E-state index is 0.0564. The van der Waals surface area contributed by atoms with Crippen molar-refractivity contribution in [1.82, 2.24) is 20.1 Å². The Morgan fingerprint density at radius 1 is 1.15 bits per heavy atom. The van der Waals surface area contributed by atoms with Gasteiger partial charge in [-0.15, -0.1) is 0 Å². The first-order valence-corrected chi connectivity index (χ1v) is 9.68. The van der Waals surface area contributed by atoms with Gasteiger partial charge in [0.15, 0.2) is 0 Å². The number of hydrogen-bond donors (Lipinski definition) is 1. The summed E-state index contributed by atoms with van der Waals surface area (Å²) in [6.07, 6.45) is 1.75. The lowest BCUT2D eigenvalue weighted by Gasteiger charge is -2.03. The van der Waals surface area contributed by atoms with Crippen LogP contribution in [0.15, 0.2) is 30.3 Å². The molecule has 3 rings (SSSR count). The van der Waals surface area contributed by atoms with Crippen LogP contribution in [-0.2, 0) is 6.42 Å². The van der Waals surface area contributed by atoms with Gasteiger partial charge in [-0.05, 0) is 32.8 Å². The van der Waals surface area contributed by atoms with Crippen LogP contribution in [0.25, 0.3) is 5.13 Å². The lowest BCUT2D eigenvalue weighted by molar-refractivity contribution is 0.0957. The molecule has 0 aliphatic carbocycles. The first-order chi connectivity index (χ1) is 12.5. The average Bonchev–Trinajstić information content (AvgIpc) is 3.15. The van der Waals surface area contributed by atoms with E-state index in [2.05, 4.69) is 46.6 Å². The van der Waals surface area contributed by atoms with E-state index in [4.69, 9.17) is 0 Å². The first-order valence-electron chi connectivity index (χ1n) is 8.86. The van der Waals surface area contributed by atoms with Crippen molar-refractivity contribution in [2.75, 3.05) is 6.54 Å². The van der Waals surface area contributed by atoms with Crippen LogP contribution in [0.1, 0.15) is 51.2 Å². The molecule has 0 atom stereocenters. The maximum Gasteiger partial charge on any atom is 0.263 e. The van der Waals surface area contributed by atoms with Gasteiger partial charge >= 0.3 is 0 Å². The number of aryl methyl sites for hydroxylation is 2. The Morgan fingerprint density at radius 2 is 1.88 bits per heavy atom. The predicted octanol–water partition coefficient (Wildman–Crippen LogP) is 3.98. The van der Waals surface area contributed by atoms with Crippen molar-refractivity contribution in [3.05, 3.63) is 63.4 Å². The highest BCUT2D eigenvalue weighted by Gasteiger charge is 2.19. The van der Waals surface area contributed by atoms with Gasteiger partial charge in [0.1, 0.15) is 4.88 Å². The summed E-state index contributed by atoms with van der Waals surface area (Å²) in [7, 11) is 0. The van der Waals surface area contributed by atoms with Crippen LogP contribution in [0.2, 0.25) is 0 Å².